The minimum atomic E-state index is 0. The van der Waals surface area contributed by atoms with Gasteiger partial charge in [0.15, 0.2) is 10.5 Å². The van der Waals surface area contributed by atoms with E-state index in [1.165, 1.54) is 0 Å². The first-order chi connectivity index (χ1) is 1.41. The predicted octanol–water partition coefficient (Wildman–Crippen LogP) is -0.309. The van der Waals surface area contributed by atoms with E-state index in [2.05, 4.69) is 13.7 Å². The van der Waals surface area contributed by atoms with Crippen molar-refractivity contribution < 1.29 is 4.21 Å². The van der Waals surface area contributed by atoms with Crippen molar-refractivity contribution in [1.29, 1.82) is 0 Å². The Labute approximate surface area is 48.3 Å². The molecule has 0 aliphatic rings. The van der Waals surface area contributed by atoms with E-state index in [0.29, 0.717) is 0 Å². The van der Waals surface area contributed by atoms with Crippen LogP contribution in [0, 0.1) is 0 Å². The molecule has 0 amide bonds. The third-order valence-corrected chi connectivity index (χ3v) is 0. The molecule has 28 valence electrons. The fraction of sp³-hybridized carbons (Fsp3) is 0. The third kappa shape index (κ3) is 10.2. The van der Waals surface area contributed by atoms with Crippen molar-refractivity contribution in [2.24, 2.45) is 0 Å². The van der Waals surface area contributed by atoms with E-state index in [9.17, 15) is 0 Å². The molecule has 0 radical (unpaired) electrons. The normalized spacial score (nSPS) is 5.25. The first-order valence-electron chi connectivity index (χ1n) is 0.644. The van der Waals surface area contributed by atoms with E-state index >= 15 is 0 Å². The summed E-state index contributed by atoms with van der Waals surface area (Å²) < 4.78 is 4.31. The molecule has 0 aliphatic carbocycles. The monoisotopic (exact) mass is 208 g/mol. The molecular formula is H6IOPSi. The van der Waals surface area contributed by atoms with Crippen molar-refractivity contribution in [3.8, 4) is 0 Å². The van der Waals surface area contributed by atoms with Crippen molar-refractivity contribution in [1.82, 2.24) is 0 Å². The van der Waals surface area contributed by atoms with Crippen molar-refractivity contribution in [3.05, 3.63) is 0 Å². The molecule has 0 aromatic carbocycles. The van der Waals surface area contributed by atoms with Gasteiger partial charge in [-0.1, -0.05) is 0 Å². The first-order valence-corrected chi connectivity index (χ1v) is 1.93. The molecule has 0 bridgehead atoms. The maximum absolute atomic E-state index is 4.31. The summed E-state index contributed by atoms with van der Waals surface area (Å²) in [5, 5.41) is 0. The fourth-order valence-electron chi connectivity index (χ4n) is 0. The van der Waals surface area contributed by atoms with Gasteiger partial charge in [0.1, 0.15) is 0 Å². The van der Waals surface area contributed by atoms with Gasteiger partial charge in [-0.3, -0.25) is 0 Å². The van der Waals surface area contributed by atoms with Crippen molar-refractivity contribution in [2.75, 3.05) is 0 Å². The largest absolute Gasteiger partial charge is 0.412 e. The summed E-state index contributed by atoms with van der Waals surface area (Å²) in [4.78, 5) is 0. The lowest BCUT2D eigenvalue weighted by atomic mass is 15.9. The van der Waals surface area contributed by atoms with E-state index in [-0.39, 0.29) is 24.0 Å². The van der Waals surface area contributed by atoms with Gasteiger partial charge >= 0.3 is 0 Å². The van der Waals surface area contributed by atoms with Gasteiger partial charge in [0, 0.05) is 0 Å². The molecule has 0 spiro atoms. The Hall–Kier alpha value is 1.34. The van der Waals surface area contributed by atoms with Gasteiger partial charge in [-0.25, -0.2) is 0 Å². The first kappa shape index (κ1) is 9.01. The van der Waals surface area contributed by atoms with E-state index in [1.807, 2.05) is 0 Å². The number of rotatable bonds is 0. The molecule has 0 saturated carbocycles. The van der Waals surface area contributed by atoms with Crippen LogP contribution in [0.3, 0.4) is 0 Å². The SMILES string of the molecule is I.[SiH3]OP. The van der Waals surface area contributed by atoms with Crippen LogP contribution >= 0.6 is 33.4 Å². The molecule has 0 aliphatic heterocycles. The zero-order valence-electron chi connectivity index (χ0n) is 2.39. The van der Waals surface area contributed by atoms with Gasteiger partial charge < -0.3 is 4.21 Å². The molecule has 0 aromatic heterocycles. The minimum absolute atomic E-state index is 0. The van der Waals surface area contributed by atoms with Crippen LogP contribution in [-0.4, -0.2) is 10.5 Å². The average Bonchev–Trinajstić information content (AvgIpc) is 0.918. The standard InChI is InChI=1S/HI.H5OPSi/c;2-1-3/h1H;2H2,3H3. The Balaban J connectivity index is 0. The fourth-order valence-corrected chi connectivity index (χ4v) is 0. The Morgan fingerprint density at radius 3 is 1.75 bits per heavy atom. The molecular weight excluding hydrogens is 202 g/mol. The zero-order valence-corrected chi connectivity index (χ0v) is 7.88. The maximum atomic E-state index is 4.31. The highest BCUT2D eigenvalue weighted by Gasteiger charge is 1.27. The van der Waals surface area contributed by atoms with Gasteiger partial charge in [0.05, 0.1) is 0 Å². The molecule has 4 heavy (non-hydrogen) atoms. The van der Waals surface area contributed by atoms with E-state index < -0.39 is 0 Å². The molecule has 0 aromatic rings. The average molecular weight is 208 g/mol. The Kier molecular flexibility index (Phi) is 19.9. The lowest BCUT2D eigenvalue weighted by Crippen LogP contribution is -1.44. The molecule has 1 nitrogen and oxygen atoms in total. The second-order valence-corrected chi connectivity index (χ2v) is 2.12. The molecule has 0 heterocycles. The van der Waals surface area contributed by atoms with Crippen LogP contribution in [0.25, 0.3) is 0 Å². The summed E-state index contributed by atoms with van der Waals surface area (Å²) in [6.45, 7) is 0. The van der Waals surface area contributed by atoms with Crippen LogP contribution < -0.4 is 0 Å². The lowest BCUT2D eigenvalue weighted by molar-refractivity contribution is 0.725. The number of hydrogen-bond acceptors (Lipinski definition) is 1. The molecule has 0 rings (SSSR count). The summed E-state index contributed by atoms with van der Waals surface area (Å²) >= 11 is 0. The predicted molar refractivity (Wildman–Crippen MR) is 36.1 cm³/mol. The molecule has 1 atom stereocenters. The summed E-state index contributed by atoms with van der Waals surface area (Å²) in [7, 11) is 2.97. The second kappa shape index (κ2) is 8.84. The zero-order chi connectivity index (χ0) is 2.71. The van der Waals surface area contributed by atoms with Gasteiger partial charge in [-0.2, -0.15) is 0 Å². The van der Waals surface area contributed by atoms with Crippen LogP contribution in [0.2, 0.25) is 0 Å². The topological polar surface area (TPSA) is 9.23 Å². The second-order valence-electron chi connectivity index (χ2n) is 0.236. The van der Waals surface area contributed by atoms with Gasteiger partial charge in [-0.05, 0) is 9.47 Å². The molecule has 0 N–H and O–H groups in total. The van der Waals surface area contributed by atoms with Crippen molar-refractivity contribution in [2.45, 2.75) is 0 Å². The van der Waals surface area contributed by atoms with Crippen molar-refractivity contribution >= 4 is 43.9 Å². The van der Waals surface area contributed by atoms with Crippen LogP contribution in [-0.2, 0) is 4.21 Å². The Morgan fingerprint density at radius 1 is 1.75 bits per heavy atom. The summed E-state index contributed by atoms with van der Waals surface area (Å²) in [5.74, 6) is 0. The molecule has 4 heteroatoms. The molecule has 0 fully saturated rings. The van der Waals surface area contributed by atoms with E-state index in [4.69, 9.17) is 0 Å². The van der Waals surface area contributed by atoms with E-state index in [1.54, 1.807) is 0 Å². The third-order valence-electron chi connectivity index (χ3n) is 0. The summed E-state index contributed by atoms with van der Waals surface area (Å²) in [6.07, 6.45) is 0. The Morgan fingerprint density at radius 2 is 1.75 bits per heavy atom. The van der Waals surface area contributed by atoms with Gasteiger partial charge in [0.25, 0.3) is 0 Å². The quantitative estimate of drug-likeness (QED) is 0.301. The highest BCUT2D eigenvalue weighted by atomic mass is 127. The summed E-state index contributed by atoms with van der Waals surface area (Å²) in [6, 6.07) is 0. The van der Waals surface area contributed by atoms with Crippen LogP contribution in [0.1, 0.15) is 0 Å². The molecule has 1 unspecified atom stereocenters. The summed E-state index contributed by atoms with van der Waals surface area (Å²) in [5.41, 5.74) is 0. The van der Waals surface area contributed by atoms with Crippen LogP contribution in [0.4, 0.5) is 0 Å². The van der Waals surface area contributed by atoms with Crippen LogP contribution in [0.5, 0.6) is 0 Å². The van der Waals surface area contributed by atoms with Gasteiger partial charge in [0.2, 0.25) is 0 Å². The number of hydrogen-bond donors (Lipinski definition) is 0. The Bertz CT molecular complexity index is 8.00. The minimum Gasteiger partial charge on any atom is -0.412 e. The molecule has 0 saturated heterocycles. The van der Waals surface area contributed by atoms with Crippen molar-refractivity contribution in [3.63, 3.8) is 0 Å². The maximum Gasteiger partial charge on any atom is 0.150 e. The lowest BCUT2D eigenvalue weighted by Gasteiger charge is -1.61. The van der Waals surface area contributed by atoms with Crippen LogP contribution in [0.15, 0.2) is 0 Å². The van der Waals surface area contributed by atoms with E-state index in [0.717, 1.165) is 10.5 Å². The highest BCUT2D eigenvalue weighted by Crippen LogP contribution is 1.67. The van der Waals surface area contributed by atoms with Gasteiger partial charge in [-0.15, -0.1) is 24.0 Å². The smallest absolute Gasteiger partial charge is 0.150 e. The number of halogens is 1. The highest BCUT2D eigenvalue weighted by molar-refractivity contribution is 14.0.